The van der Waals surface area contributed by atoms with Crippen LogP contribution in [0, 0.1) is 5.92 Å². The maximum Gasteiger partial charge on any atom is 0.239 e. The molecule has 0 aromatic heterocycles. The van der Waals surface area contributed by atoms with E-state index in [-0.39, 0.29) is 5.91 Å². The molecule has 1 heterocycles. The molecule has 1 aliphatic heterocycles. The fraction of sp³-hybridized carbons (Fsp3) is 0.435. The monoisotopic (exact) mass is 365 g/mol. The van der Waals surface area contributed by atoms with Crippen molar-refractivity contribution in [3.63, 3.8) is 0 Å². The molecule has 0 aliphatic carbocycles. The molecule has 3 rings (SSSR count). The molecule has 1 saturated heterocycles. The van der Waals surface area contributed by atoms with E-state index in [9.17, 15) is 4.79 Å². The van der Waals surface area contributed by atoms with Crippen LogP contribution in [0.1, 0.15) is 31.7 Å². The Balaban J connectivity index is 1.34. The standard InChI is InChI=1S/C23H31N3O/c1-19-13-16-26(17-14-19)22-11-9-21(10-12-22)25-18-23(27)24-15-5-8-20-6-3-2-4-7-20/h2-4,6-7,9-12,19,25H,5,8,13-18H2,1H3,(H,24,27). The van der Waals surface area contributed by atoms with Gasteiger partial charge in [0.1, 0.15) is 0 Å². The Labute approximate surface area is 163 Å². The molecule has 2 N–H and O–H groups in total. The number of piperidine rings is 1. The van der Waals surface area contributed by atoms with Crippen LogP contribution in [0.25, 0.3) is 0 Å². The number of rotatable bonds is 8. The number of amides is 1. The Hall–Kier alpha value is -2.49. The first-order chi connectivity index (χ1) is 13.2. The van der Waals surface area contributed by atoms with Crippen LogP contribution in [0.3, 0.4) is 0 Å². The minimum atomic E-state index is 0.0390. The fourth-order valence-corrected chi connectivity index (χ4v) is 3.47. The summed E-state index contributed by atoms with van der Waals surface area (Å²) < 4.78 is 0. The van der Waals surface area contributed by atoms with E-state index in [4.69, 9.17) is 0 Å². The first kappa shape index (κ1) is 19.3. The topological polar surface area (TPSA) is 44.4 Å². The zero-order chi connectivity index (χ0) is 18.9. The first-order valence-electron chi connectivity index (χ1n) is 10.1. The van der Waals surface area contributed by atoms with Crippen molar-refractivity contribution < 1.29 is 4.79 Å². The van der Waals surface area contributed by atoms with Gasteiger partial charge < -0.3 is 15.5 Å². The van der Waals surface area contributed by atoms with Crippen LogP contribution in [0.4, 0.5) is 11.4 Å². The van der Waals surface area contributed by atoms with E-state index in [0.717, 1.165) is 37.5 Å². The summed E-state index contributed by atoms with van der Waals surface area (Å²) in [5.41, 5.74) is 3.58. The predicted octanol–water partition coefficient (Wildman–Crippen LogP) is 4.08. The summed E-state index contributed by atoms with van der Waals surface area (Å²) in [4.78, 5) is 14.4. The van der Waals surface area contributed by atoms with Gasteiger partial charge in [0.05, 0.1) is 6.54 Å². The zero-order valence-corrected chi connectivity index (χ0v) is 16.3. The Morgan fingerprint density at radius 1 is 1.04 bits per heavy atom. The Morgan fingerprint density at radius 2 is 1.74 bits per heavy atom. The molecular formula is C23H31N3O. The predicted molar refractivity (Wildman–Crippen MR) is 113 cm³/mol. The minimum Gasteiger partial charge on any atom is -0.376 e. The molecule has 0 bridgehead atoms. The molecular weight excluding hydrogens is 334 g/mol. The SMILES string of the molecule is CC1CCN(c2ccc(NCC(=O)NCCCc3ccccc3)cc2)CC1. The number of carbonyl (C=O) groups excluding carboxylic acids is 1. The van der Waals surface area contributed by atoms with Gasteiger partial charge in [0, 0.05) is 31.0 Å². The summed E-state index contributed by atoms with van der Waals surface area (Å²) in [6.45, 7) is 5.63. The molecule has 0 radical (unpaired) electrons. The third-order valence-electron chi connectivity index (χ3n) is 5.28. The summed E-state index contributed by atoms with van der Waals surface area (Å²) in [6.07, 6.45) is 4.49. The Kier molecular flexibility index (Phi) is 7.14. The van der Waals surface area contributed by atoms with E-state index in [1.165, 1.54) is 24.1 Å². The molecule has 1 fully saturated rings. The van der Waals surface area contributed by atoms with Gasteiger partial charge in [-0.25, -0.2) is 0 Å². The van der Waals surface area contributed by atoms with E-state index >= 15 is 0 Å². The zero-order valence-electron chi connectivity index (χ0n) is 16.3. The van der Waals surface area contributed by atoms with Crippen LogP contribution in [-0.2, 0) is 11.2 Å². The molecule has 4 heteroatoms. The highest BCUT2D eigenvalue weighted by Gasteiger charge is 2.15. The molecule has 0 spiro atoms. The molecule has 0 saturated carbocycles. The van der Waals surface area contributed by atoms with Gasteiger partial charge >= 0.3 is 0 Å². The van der Waals surface area contributed by atoms with Gasteiger partial charge in [-0.2, -0.15) is 0 Å². The summed E-state index contributed by atoms with van der Waals surface area (Å²) >= 11 is 0. The second-order valence-corrected chi connectivity index (χ2v) is 7.51. The van der Waals surface area contributed by atoms with Crippen LogP contribution in [0.2, 0.25) is 0 Å². The molecule has 1 amide bonds. The van der Waals surface area contributed by atoms with Crippen LogP contribution in [0.15, 0.2) is 54.6 Å². The highest BCUT2D eigenvalue weighted by Crippen LogP contribution is 2.24. The van der Waals surface area contributed by atoms with Crippen molar-refractivity contribution >= 4 is 17.3 Å². The van der Waals surface area contributed by atoms with Crippen LogP contribution >= 0.6 is 0 Å². The van der Waals surface area contributed by atoms with Gasteiger partial charge in [-0.1, -0.05) is 37.3 Å². The lowest BCUT2D eigenvalue weighted by Crippen LogP contribution is -2.32. The molecule has 4 nitrogen and oxygen atoms in total. The largest absolute Gasteiger partial charge is 0.376 e. The fourth-order valence-electron chi connectivity index (χ4n) is 3.47. The van der Waals surface area contributed by atoms with Crippen molar-refractivity contribution in [3.8, 4) is 0 Å². The third-order valence-corrected chi connectivity index (χ3v) is 5.28. The van der Waals surface area contributed by atoms with Crippen molar-refractivity contribution in [2.75, 3.05) is 36.4 Å². The lowest BCUT2D eigenvalue weighted by molar-refractivity contribution is -0.119. The Morgan fingerprint density at radius 3 is 2.44 bits per heavy atom. The summed E-state index contributed by atoms with van der Waals surface area (Å²) in [5.74, 6) is 0.880. The van der Waals surface area contributed by atoms with Gasteiger partial charge in [0.2, 0.25) is 5.91 Å². The van der Waals surface area contributed by atoms with Gasteiger partial charge in [0.15, 0.2) is 0 Å². The number of carbonyl (C=O) groups is 1. The van der Waals surface area contributed by atoms with E-state index in [2.05, 4.69) is 71.0 Å². The van der Waals surface area contributed by atoms with E-state index in [1.54, 1.807) is 0 Å². The number of nitrogens with zero attached hydrogens (tertiary/aromatic N) is 1. The number of hydrogen-bond acceptors (Lipinski definition) is 3. The van der Waals surface area contributed by atoms with Gasteiger partial charge in [0.25, 0.3) is 0 Å². The third kappa shape index (κ3) is 6.31. The number of benzene rings is 2. The van der Waals surface area contributed by atoms with Crippen LogP contribution in [-0.4, -0.2) is 32.1 Å². The minimum absolute atomic E-state index is 0.0390. The highest BCUT2D eigenvalue weighted by atomic mass is 16.1. The quantitative estimate of drug-likeness (QED) is 0.693. The van der Waals surface area contributed by atoms with E-state index < -0.39 is 0 Å². The average Bonchev–Trinajstić information content (AvgIpc) is 2.71. The molecule has 1 aliphatic rings. The smallest absolute Gasteiger partial charge is 0.239 e. The van der Waals surface area contributed by atoms with Crippen LogP contribution in [0.5, 0.6) is 0 Å². The van der Waals surface area contributed by atoms with Crippen molar-refractivity contribution in [3.05, 3.63) is 60.2 Å². The van der Waals surface area contributed by atoms with Crippen molar-refractivity contribution in [1.29, 1.82) is 0 Å². The number of nitrogens with one attached hydrogen (secondary N) is 2. The summed E-state index contributed by atoms with van der Waals surface area (Å²) in [7, 11) is 0. The molecule has 0 unspecified atom stereocenters. The van der Waals surface area contributed by atoms with Crippen LogP contribution < -0.4 is 15.5 Å². The molecule has 27 heavy (non-hydrogen) atoms. The van der Waals surface area contributed by atoms with E-state index in [1.807, 2.05) is 6.07 Å². The normalized spacial score (nSPS) is 14.8. The van der Waals surface area contributed by atoms with Crippen molar-refractivity contribution in [1.82, 2.24) is 5.32 Å². The summed E-state index contributed by atoms with van der Waals surface area (Å²) in [5, 5.41) is 6.19. The van der Waals surface area contributed by atoms with Gasteiger partial charge in [-0.3, -0.25) is 4.79 Å². The van der Waals surface area contributed by atoms with Gasteiger partial charge in [-0.15, -0.1) is 0 Å². The molecule has 2 aromatic rings. The second kappa shape index (κ2) is 10.0. The number of aryl methyl sites for hydroxylation is 1. The van der Waals surface area contributed by atoms with Gasteiger partial charge in [-0.05, 0) is 61.4 Å². The Bertz CT molecular complexity index is 691. The maximum atomic E-state index is 12.0. The lowest BCUT2D eigenvalue weighted by atomic mass is 9.99. The molecule has 2 aromatic carbocycles. The molecule has 0 atom stereocenters. The van der Waals surface area contributed by atoms with Crippen molar-refractivity contribution in [2.24, 2.45) is 5.92 Å². The molecule has 144 valence electrons. The van der Waals surface area contributed by atoms with E-state index in [0.29, 0.717) is 13.1 Å². The average molecular weight is 366 g/mol. The highest BCUT2D eigenvalue weighted by molar-refractivity contribution is 5.80. The lowest BCUT2D eigenvalue weighted by Gasteiger charge is -2.32. The number of hydrogen-bond donors (Lipinski definition) is 2. The summed E-state index contributed by atoms with van der Waals surface area (Å²) in [6, 6.07) is 18.8. The first-order valence-corrected chi connectivity index (χ1v) is 10.1. The number of anilines is 2. The van der Waals surface area contributed by atoms with Crippen molar-refractivity contribution in [2.45, 2.75) is 32.6 Å². The maximum absolute atomic E-state index is 12.0. The second-order valence-electron chi connectivity index (χ2n) is 7.51.